The zero-order chi connectivity index (χ0) is 16.2. The van der Waals surface area contributed by atoms with Crippen molar-refractivity contribution in [1.29, 1.82) is 0 Å². The smallest absolute Gasteiger partial charge is 0.437 e. The van der Waals surface area contributed by atoms with Crippen molar-refractivity contribution < 1.29 is 18.7 Å². The predicted octanol–water partition coefficient (Wildman–Crippen LogP) is 2.19. The molecular formula is C15H13ClN2O5. The van der Waals surface area contributed by atoms with Gasteiger partial charge in [-0.15, -0.1) is 5.10 Å². The molecule has 0 radical (unpaired) electrons. The van der Waals surface area contributed by atoms with Crippen LogP contribution in [0.3, 0.4) is 0 Å². The van der Waals surface area contributed by atoms with Crippen LogP contribution in [0, 0.1) is 0 Å². The number of benzene rings is 1. The van der Waals surface area contributed by atoms with Crippen molar-refractivity contribution in [3.05, 3.63) is 58.2 Å². The van der Waals surface area contributed by atoms with Gasteiger partial charge in [-0.3, -0.25) is 0 Å². The number of aliphatic hydroxyl groups excluding tert-OH is 1. The van der Waals surface area contributed by atoms with E-state index in [-0.39, 0.29) is 19.0 Å². The number of hydrogen-bond acceptors (Lipinski definition) is 6. The van der Waals surface area contributed by atoms with Crippen LogP contribution in [0.4, 0.5) is 0 Å². The number of furan rings is 1. The summed E-state index contributed by atoms with van der Waals surface area (Å²) in [4.78, 5) is 11.7. The predicted molar refractivity (Wildman–Crippen MR) is 81.4 cm³/mol. The van der Waals surface area contributed by atoms with Crippen LogP contribution in [-0.4, -0.2) is 27.6 Å². The van der Waals surface area contributed by atoms with E-state index in [1.165, 1.54) is 6.26 Å². The second-order valence-corrected chi connectivity index (χ2v) is 5.19. The molecule has 0 spiro atoms. The molecule has 0 aliphatic heterocycles. The summed E-state index contributed by atoms with van der Waals surface area (Å²) in [6, 6.07) is 10.0. The lowest BCUT2D eigenvalue weighted by Gasteiger charge is -2.11. The highest BCUT2D eigenvalue weighted by atomic mass is 35.5. The Morgan fingerprint density at radius 3 is 2.78 bits per heavy atom. The van der Waals surface area contributed by atoms with E-state index >= 15 is 0 Å². The zero-order valence-corrected chi connectivity index (χ0v) is 12.6. The molecule has 0 aliphatic rings. The number of halogens is 1. The van der Waals surface area contributed by atoms with Crippen LogP contribution in [0.2, 0.25) is 5.02 Å². The second kappa shape index (κ2) is 6.72. The number of aliphatic hydroxyl groups is 1. The summed E-state index contributed by atoms with van der Waals surface area (Å²) in [6.45, 7) is -0.0619. The topological polar surface area (TPSA) is 90.6 Å². The maximum absolute atomic E-state index is 11.7. The first-order valence-electron chi connectivity index (χ1n) is 6.80. The third-order valence-corrected chi connectivity index (χ3v) is 3.23. The molecule has 0 bridgehead atoms. The van der Waals surface area contributed by atoms with Gasteiger partial charge in [0.15, 0.2) is 5.76 Å². The Labute approximate surface area is 135 Å². The molecule has 120 valence electrons. The Morgan fingerprint density at radius 2 is 2.09 bits per heavy atom. The molecule has 0 saturated carbocycles. The Hall–Kier alpha value is -2.51. The lowest BCUT2D eigenvalue weighted by molar-refractivity contribution is 0.0875. The molecule has 1 aromatic carbocycles. The largest absolute Gasteiger partial charge is 0.491 e. The fraction of sp³-hybridized carbons (Fsp3) is 0.200. The molecule has 8 heteroatoms. The molecule has 7 nitrogen and oxygen atoms in total. The van der Waals surface area contributed by atoms with Gasteiger partial charge in [-0.2, -0.15) is 4.68 Å². The summed E-state index contributed by atoms with van der Waals surface area (Å²) in [5.74, 6) is 0.290. The van der Waals surface area contributed by atoms with E-state index in [2.05, 4.69) is 5.10 Å². The van der Waals surface area contributed by atoms with Gasteiger partial charge in [-0.05, 0) is 36.4 Å². The lowest BCUT2D eigenvalue weighted by atomic mass is 10.3. The van der Waals surface area contributed by atoms with Crippen molar-refractivity contribution >= 4 is 11.6 Å². The SMILES string of the molecule is O=c1oc(-c2ccco2)nn1C[C@@H](O)COc1ccc(Cl)cc1. The summed E-state index contributed by atoms with van der Waals surface area (Å²) in [5, 5.41) is 14.5. The van der Waals surface area contributed by atoms with E-state index in [0.29, 0.717) is 16.5 Å². The molecule has 3 rings (SSSR count). The number of aromatic nitrogens is 2. The third-order valence-electron chi connectivity index (χ3n) is 2.98. The van der Waals surface area contributed by atoms with Crippen LogP contribution >= 0.6 is 11.6 Å². The molecule has 1 atom stereocenters. The van der Waals surface area contributed by atoms with Crippen molar-refractivity contribution in [3.63, 3.8) is 0 Å². The summed E-state index contributed by atoms with van der Waals surface area (Å²) < 4.78 is 16.5. The Bertz CT molecular complexity index is 807. The van der Waals surface area contributed by atoms with Crippen molar-refractivity contribution in [1.82, 2.24) is 9.78 Å². The van der Waals surface area contributed by atoms with Gasteiger partial charge in [0.1, 0.15) is 18.5 Å². The average molecular weight is 337 g/mol. The molecule has 0 fully saturated rings. The average Bonchev–Trinajstić information content (AvgIpc) is 3.17. The minimum absolute atomic E-state index is 0.00296. The van der Waals surface area contributed by atoms with Gasteiger partial charge in [-0.25, -0.2) is 4.79 Å². The van der Waals surface area contributed by atoms with E-state index < -0.39 is 11.9 Å². The normalized spacial score (nSPS) is 12.3. The first-order chi connectivity index (χ1) is 11.1. The standard InChI is InChI=1S/C15H13ClN2O5/c16-10-3-5-12(6-4-10)22-9-11(19)8-18-15(20)23-14(17-18)13-2-1-7-21-13/h1-7,11,19H,8-9H2/t11-/m1/s1. The molecule has 1 N–H and O–H groups in total. The number of rotatable bonds is 6. The van der Waals surface area contributed by atoms with Crippen molar-refractivity contribution in [2.75, 3.05) is 6.61 Å². The number of ether oxygens (including phenoxy) is 1. The minimum Gasteiger partial charge on any atom is -0.491 e. The molecule has 0 amide bonds. The van der Waals surface area contributed by atoms with Crippen LogP contribution < -0.4 is 10.5 Å². The molecule has 23 heavy (non-hydrogen) atoms. The molecule has 2 heterocycles. The fourth-order valence-corrected chi connectivity index (χ4v) is 2.02. The highest BCUT2D eigenvalue weighted by Crippen LogP contribution is 2.16. The van der Waals surface area contributed by atoms with Crippen LogP contribution in [0.15, 0.2) is 56.3 Å². The van der Waals surface area contributed by atoms with Gasteiger partial charge in [-0.1, -0.05) is 11.6 Å². The summed E-state index contributed by atoms with van der Waals surface area (Å²) in [7, 11) is 0. The molecular weight excluding hydrogens is 324 g/mol. The highest BCUT2D eigenvalue weighted by molar-refractivity contribution is 6.30. The summed E-state index contributed by atoms with van der Waals surface area (Å²) in [5.41, 5.74) is 0. The van der Waals surface area contributed by atoms with Crippen molar-refractivity contribution in [3.8, 4) is 17.4 Å². The van der Waals surface area contributed by atoms with Crippen LogP contribution in [0.1, 0.15) is 0 Å². The minimum atomic E-state index is -0.932. The summed E-state index contributed by atoms with van der Waals surface area (Å²) in [6.07, 6.45) is 0.515. The lowest BCUT2D eigenvalue weighted by Crippen LogP contribution is -2.29. The van der Waals surface area contributed by atoms with Gasteiger partial charge in [0.05, 0.1) is 12.8 Å². The molecule has 0 aliphatic carbocycles. The van der Waals surface area contributed by atoms with E-state index in [0.717, 1.165) is 4.68 Å². The molecule has 0 unspecified atom stereocenters. The quantitative estimate of drug-likeness (QED) is 0.742. The van der Waals surface area contributed by atoms with Gasteiger partial charge in [0, 0.05) is 5.02 Å². The third kappa shape index (κ3) is 3.82. The van der Waals surface area contributed by atoms with Crippen LogP contribution in [0.5, 0.6) is 5.75 Å². The first kappa shape index (κ1) is 15.4. The van der Waals surface area contributed by atoms with Gasteiger partial charge < -0.3 is 18.7 Å². The molecule has 3 aromatic rings. The summed E-state index contributed by atoms with van der Waals surface area (Å²) >= 11 is 5.77. The Kier molecular flexibility index (Phi) is 4.50. The highest BCUT2D eigenvalue weighted by Gasteiger charge is 2.15. The van der Waals surface area contributed by atoms with Gasteiger partial charge in [0.25, 0.3) is 5.89 Å². The van der Waals surface area contributed by atoms with E-state index in [1.54, 1.807) is 36.4 Å². The Balaban J connectivity index is 1.60. The monoisotopic (exact) mass is 336 g/mol. The van der Waals surface area contributed by atoms with E-state index in [9.17, 15) is 9.90 Å². The molecule has 0 saturated heterocycles. The maximum Gasteiger partial charge on any atom is 0.437 e. The van der Waals surface area contributed by atoms with Gasteiger partial charge >= 0.3 is 5.76 Å². The van der Waals surface area contributed by atoms with Crippen LogP contribution in [-0.2, 0) is 6.54 Å². The first-order valence-corrected chi connectivity index (χ1v) is 7.18. The van der Waals surface area contributed by atoms with Crippen molar-refractivity contribution in [2.45, 2.75) is 12.6 Å². The van der Waals surface area contributed by atoms with Crippen molar-refractivity contribution in [2.24, 2.45) is 0 Å². The number of nitrogens with zero attached hydrogens (tertiary/aromatic N) is 2. The van der Waals surface area contributed by atoms with Gasteiger partial charge in [0.2, 0.25) is 0 Å². The fourth-order valence-electron chi connectivity index (χ4n) is 1.90. The number of hydrogen-bond donors (Lipinski definition) is 1. The van der Waals surface area contributed by atoms with E-state index in [4.69, 9.17) is 25.2 Å². The Morgan fingerprint density at radius 1 is 1.30 bits per heavy atom. The molecule has 2 aromatic heterocycles. The maximum atomic E-state index is 11.7. The van der Waals surface area contributed by atoms with Crippen LogP contribution in [0.25, 0.3) is 11.7 Å². The van der Waals surface area contributed by atoms with E-state index in [1.807, 2.05) is 0 Å². The second-order valence-electron chi connectivity index (χ2n) is 4.75. The zero-order valence-electron chi connectivity index (χ0n) is 11.9.